The second-order valence-corrected chi connectivity index (χ2v) is 5.87. The van der Waals surface area contributed by atoms with E-state index in [1.54, 1.807) is 0 Å². The fraction of sp³-hybridized carbons (Fsp3) is 0.562. The van der Waals surface area contributed by atoms with Gasteiger partial charge in [-0.15, -0.1) is 0 Å². The summed E-state index contributed by atoms with van der Waals surface area (Å²) >= 11 is 0. The molecule has 2 heterocycles. The summed E-state index contributed by atoms with van der Waals surface area (Å²) in [6.07, 6.45) is 0.794. The fourth-order valence-corrected chi connectivity index (χ4v) is 3.24. The SMILES string of the molecule is CC1CN(CC(=O)N2CCc3ccccc32)CC(CO)O1. The van der Waals surface area contributed by atoms with Gasteiger partial charge in [0.15, 0.2) is 0 Å². The highest BCUT2D eigenvalue weighted by Gasteiger charge is 2.29. The molecular weight excluding hydrogens is 268 g/mol. The zero-order valence-electron chi connectivity index (χ0n) is 12.4. The molecule has 0 radical (unpaired) electrons. The molecular formula is C16H22N2O3. The van der Waals surface area contributed by atoms with Crippen LogP contribution in [0.4, 0.5) is 5.69 Å². The van der Waals surface area contributed by atoms with E-state index in [0.29, 0.717) is 13.1 Å². The van der Waals surface area contributed by atoms with Crippen LogP contribution in [-0.4, -0.2) is 60.9 Å². The first-order valence-corrected chi connectivity index (χ1v) is 7.54. The average Bonchev–Trinajstić information content (AvgIpc) is 2.90. The molecule has 2 unspecified atom stereocenters. The van der Waals surface area contributed by atoms with E-state index in [0.717, 1.165) is 25.2 Å². The Morgan fingerprint density at radius 2 is 2.19 bits per heavy atom. The summed E-state index contributed by atoms with van der Waals surface area (Å²) in [5.41, 5.74) is 2.29. The maximum absolute atomic E-state index is 12.6. The number of carbonyl (C=O) groups excluding carboxylic acids is 1. The van der Waals surface area contributed by atoms with Gasteiger partial charge < -0.3 is 14.7 Å². The van der Waals surface area contributed by atoms with Gasteiger partial charge in [-0.1, -0.05) is 18.2 Å². The average molecular weight is 290 g/mol. The zero-order chi connectivity index (χ0) is 14.8. The van der Waals surface area contributed by atoms with Crippen LogP contribution in [0.15, 0.2) is 24.3 Å². The van der Waals surface area contributed by atoms with Gasteiger partial charge in [-0.25, -0.2) is 0 Å². The van der Waals surface area contributed by atoms with Crippen LogP contribution in [0, 0.1) is 0 Å². The molecule has 2 aliphatic heterocycles. The maximum Gasteiger partial charge on any atom is 0.241 e. The number of anilines is 1. The number of amides is 1. The van der Waals surface area contributed by atoms with Crippen molar-refractivity contribution in [1.82, 2.24) is 4.90 Å². The number of ether oxygens (including phenoxy) is 1. The summed E-state index contributed by atoms with van der Waals surface area (Å²) in [6.45, 7) is 4.48. The highest BCUT2D eigenvalue weighted by atomic mass is 16.5. The molecule has 1 fully saturated rings. The van der Waals surface area contributed by atoms with Gasteiger partial charge in [0.05, 0.1) is 25.4 Å². The first-order chi connectivity index (χ1) is 10.2. The minimum Gasteiger partial charge on any atom is -0.394 e. The second-order valence-electron chi connectivity index (χ2n) is 5.87. The molecule has 0 spiro atoms. The lowest BCUT2D eigenvalue weighted by molar-refractivity contribution is -0.126. The van der Waals surface area contributed by atoms with Crippen LogP contribution in [0.2, 0.25) is 0 Å². The molecule has 1 aromatic rings. The minimum absolute atomic E-state index is 0.00157. The van der Waals surface area contributed by atoms with Crippen LogP contribution < -0.4 is 4.90 Å². The smallest absolute Gasteiger partial charge is 0.241 e. The first kappa shape index (κ1) is 14.5. The summed E-state index contributed by atoms with van der Waals surface area (Å²) in [5, 5.41) is 9.26. The first-order valence-electron chi connectivity index (χ1n) is 7.54. The van der Waals surface area contributed by atoms with E-state index in [-0.39, 0.29) is 24.7 Å². The minimum atomic E-state index is -0.188. The third-order valence-electron chi connectivity index (χ3n) is 4.15. The van der Waals surface area contributed by atoms with Crippen molar-refractivity contribution in [2.24, 2.45) is 0 Å². The van der Waals surface area contributed by atoms with E-state index >= 15 is 0 Å². The molecule has 5 heteroatoms. The van der Waals surface area contributed by atoms with Crippen molar-refractivity contribution < 1.29 is 14.6 Å². The van der Waals surface area contributed by atoms with Crippen molar-refractivity contribution in [3.05, 3.63) is 29.8 Å². The number of carbonyl (C=O) groups is 1. The molecule has 0 aliphatic carbocycles. The Morgan fingerprint density at radius 1 is 1.38 bits per heavy atom. The zero-order valence-corrected chi connectivity index (χ0v) is 12.4. The number of rotatable bonds is 3. The van der Waals surface area contributed by atoms with Crippen LogP contribution in [0.5, 0.6) is 0 Å². The molecule has 1 aromatic carbocycles. The van der Waals surface area contributed by atoms with Crippen molar-refractivity contribution in [1.29, 1.82) is 0 Å². The van der Waals surface area contributed by atoms with Crippen molar-refractivity contribution >= 4 is 11.6 Å². The normalized spacial score (nSPS) is 25.9. The lowest BCUT2D eigenvalue weighted by Gasteiger charge is -2.36. The van der Waals surface area contributed by atoms with Crippen molar-refractivity contribution in [2.45, 2.75) is 25.6 Å². The van der Waals surface area contributed by atoms with E-state index in [1.165, 1.54) is 5.56 Å². The molecule has 114 valence electrons. The molecule has 2 atom stereocenters. The fourth-order valence-electron chi connectivity index (χ4n) is 3.24. The number of hydrogen-bond acceptors (Lipinski definition) is 4. The van der Waals surface area contributed by atoms with Gasteiger partial charge in [-0.2, -0.15) is 0 Å². The summed E-state index contributed by atoms with van der Waals surface area (Å²) in [5.74, 6) is 0.130. The molecule has 0 aromatic heterocycles. The van der Waals surface area contributed by atoms with Crippen LogP contribution >= 0.6 is 0 Å². The lowest BCUT2D eigenvalue weighted by Crippen LogP contribution is -2.51. The molecule has 0 bridgehead atoms. The van der Waals surface area contributed by atoms with Gasteiger partial charge in [0.2, 0.25) is 5.91 Å². The number of morpholine rings is 1. The third-order valence-corrected chi connectivity index (χ3v) is 4.15. The lowest BCUT2D eigenvalue weighted by atomic mass is 10.2. The molecule has 21 heavy (non-hydrogen) atoms. The van der Waals surface area contributed by atoms with E-state index in [4.69, 9.17) is 4.74 Å². The Hall–Kier alpha value is -1.43. The Morgan fingerprint density at radius 3 is 3.00 bits per heavy atom. The highest BCUT2D eigenvalue weighted by molar-refractivity contribution is 5.96. The molecule has 2 aliphatic rings. The van der Waals surface area contributed by atoms with Gasteiger partial charge in [0.25, 0.3) is 0 Å². The quantitative estimate of drug-likeness (QED) is 0.888. The standard InChI is InChI=1S/C16H22N2O3/c1-12-8-17(9-14(11-19)21-12)10-16(20)18-7-6-13-4-2-3-5-15(13)18/h2-5,12,14,19H,6-11H2,1H3. The van der Waals surface area contributed by atoms with Crippen molar-refractivity contribution in [2.75, 3.05) is 37.7 Å². The highest BCUT2D eigenvalue weighted by Crippen LogP contribution is 2.27. The second kappa shape index (κ2) is 6.13. The largest absolute Gasteiger partial charge is 0.394 e. The van der Waals surface area contributed by atoms with Gasteiger partial charge >= 0.3 is 0 Å². The number of nitrogens with zero attached hydrogens (tertiary/aromatic N) is 2. The molecule has 3 rings (SSSR count). The Balaban J connectivity index is 1.64. The van der Waals surface area contributed by atoms with Gasteiger partial charge in [-0.3, -0.25) is 9.69 Å². The number of aliphatic hydroxyl groups is 1. The summed E-state index contributed by atoms with van der Waals surface area (Å²) in [6, 6.07) is 8.09. The number of para-hydroxylation sites is 1. The van der Waals surface area contributed by atoms with E-state index in [2.05, 4.69) is 11.0 Å². The maximum atomic E-state index is 12.6. The number of benzene rings is 1. The summed E-state index contributed by atoms with van der Waals surface area (Å²) < 4.78 is 5.61. The van der Waals surface area contributed by atoms with Gasteiger partial charge in [0, 0.05) is 25.3 Å². The van der Waals surface area contributed by atoms with E-state index in [9.17, 15) is 9.90 Å². The number of fused-ring (bicyclic) bond motifs is 1. The third kappa shape index (κ3) is 3.10. The number of aliphatic hydroxyl groups excluding tert-OH is 1. The molecule has 1 N–H and O–H groups in total. The topological polar surface area (TPSA) is 53.0 Å². The Bertz CT molecular complexity index is 520. The predicted octanol–water partition coefficient (Wildman–Crippen LogP) is 0.657. The summed E-state index contributed by atoms with van der Waals surface area (Å²) in [7, 11) is 0. The van der Waals surface area contributed by atoms with Gasteiger partial charge in [0.1, 0.15) is 0 Å². The van der Waals surface area contributed by atoms with Crippen molar-refractivity contribution in [3.8, 4) is 0 Å². The van der Waals surface area contributed by atoms with E-state index < -0.39 is 0 Å². The summed E-state index contributed by atoms with van der Waals surface area (Å²) in [4.78, 5) is 16.5. The molecule has 5 nitrogen and oxygen atoms in total. The van der Waals surface area contributed by atoms with Crippen LogP contribution in [0.1, 0.15) is 12.5 Å². The molecule has 1 saturated heterocycles. The number of hydrogen-bond donors (Lipinski definition) is 1. The predicted molar refractivity (Wildman–Crippen MR) is 80.4 cm³/mol. The molecule has 0 saturated carbocycles. The van der Waals surface area contributed by atoms with Crippen molar-refractivity contribution in [3.63, 3.8) is 0 Å². The van der Waals surface area contributed by atoms with Crippen LogP contribution in [0.25, 0.3) is 0 Å². The van der Waals surface area contributed by atoms with Gasteiger partial charge in [-0.05, 0) is 25.0 Å². The molecule has 1 amide bonds. The Kier molecular flexibility index (Phi) is 4.24. The van der Waals surface area contributed by atoms with Crippen LogP contribution in [0.3, 0.4) is 0 Å². The van der Waals surface area contributed by atoms with Crippen LogP contribution in [-0.2, 0) is 16.0 Å². The van der Waals surface area contributed by atoms with E-state index in [1.807, 2.05) is 30.0 Å². The Labute approximate surface area is 125 Å². The monoisotopic (exact) mass is 290 g/mol.